The highest BCUT2D eigenvalue weighted by Crippen LogP contribution is 2.27. The van der Waals surface area contributed by atoms with Crippen molar-refractivity contribution in [3.8, 4) is 5.75 Å². The molecule has 0 aliphatic heterocycles. The van der Waals surface area contributed by atoms with Crippen molar-refractivity contribution in [2.24, 2.45) is 5.14 Å². The predicted octanol–water partition coefficient (Wildman–Crippen LogP) is 1.53. The molecule has 0 aromatic heterocycles. The highest BCUT2D eigenvalue weighted by atomic mass is 32.2. The van der Waals surface area contributed by atoms with E-state index in [1.165, 1.54) is 18.2 Å². The lowest BCUT2D eigenvalue weighted by atomic mass is 10.3. The van der Waals surface area contributed by atoms with Crippen LogP contribution in [0.3, 0.4) is 0 Å². The molecule has 0 bridgehead atoms. The third kappa shape index (κ3) is 4.21. The van der Waals surface area contributed by atoms with Gasteiger partial charge in [-0.05, 0) is 37.3 Å². The lowest BCUT2D eigenvalue weighted by Crippen LogP contribution is -2.16. The van der Waals surface area contributed by atoms with E-state index in [4.69, 9.17) is 9.88 Å². The monoisotopic (exact) mass is 356 g/mol. The molecular formula is C14H16N2O5S2. The summed E-state index contributed by atoms with van der Waals surface area (Å²) in [5.41, 5.74) is 0.260. The summed E-state index contributed by atoms with van der Waals surface area (Å²) in [5.74, 6) is 0.376. The van der Waals surface area contributed by atoms with Crippen LogP contribution in [-0.4, -0.2) is 23.4 Å². The van der Waals surface area contributed by atoms with E-state index in [1.807, 2.05) is 0 Å². The van der Waals surface area contributed by atoms with Gasteiger partial charge in [-0.2, -0.15) is 0 Å². The standard InChI is InChI=1S/C14H16N2O5S2/c1-2-21-14-9-4-3-8-13(14)16-23(19,20)12-7-5-6-11(10-12)22(15,17)18/h3-10,16H,2H2,1H3,(H2,15,17,18). The molecule has 0 aliphatic carbocycles. The van der Waals surface area contributed by atoms with Crippen LogP contribution in [0.25, 0.3) is 0 Å². The Bertz CT molecular complexity index is 908. The Morgan fingerprint density at radius 2 is 1.65 bits per heavy atom. The van der Waals surface area contributed by atoms with Crippen LogP contribution in [0.5, 0.6) is 5.75 Å². The van der Waals surface area contributed by atoms with Crippen LogP contribution in [0, 0.1) is 0 Å². The molecule has 0 amide bonds. The Morgan fingerprint density at radius 1 is 1.00 bits per heavy atom. The number of anilines is 1. The van der Waals surface area contributed by atoms with E-state index in [2.05, 4.69) is 4.72 Å². The van der Waals surface area contributed by atoms with Crippen molar-refractivity contribution in [1.82, 2.24) is 0 Å². The van der Waals surface area contributed by atoms with Crippen LogP contribution in [0.15, 0.2) is 58.3 Å². The van der Waals surface area contributed by atoms with Gasteiger partial charge in [-0.1, -0.05) is 18.2 Å². The first-order valence-electron chi connectivity index (χ1n) is 6.61. The van der Waals surface area contributed by atoms with Gasteiger partial charge in [0, 0.05) is 0 Å². The summed E-state index contributed by atoms with van der Waals surface area (Å²) in [6, 6.07) is 11.4. The SMILES string of the molecule is CCOc1ccccc1NS(=O)(=O)c1cccc(S(N)(=O)=O)c1. The van der Waals surface area contributed by atoms with Gasteiger partial charge in [0.05, 0.1) is 22.1 Å². The van der Waals surface area contributed by atoms with Crippen molar-refractivity contribution < 1.29 is 21.6 Å². The Morgan fingerprint density at radius 3 is 2.30 bits per heavy atom. The first-order chi connectivity index (χ1) is 10.7. The van der Waals surface area contributed by atoms with Crippen LogP contribution >= 0.6 is 0 Å². The van der Waals surface area contributed by atoms with Crippen molar-refractivity contribution >= 4 is 25.7 Å². The first-order valence-corrected chi connectivity index (χ1v) is 9.64. The molecule has 0 fully saturated rings. The molecule has 0 unspecified atom stereocenters. The van der Waals surface area contributed by atoms with Gasteiger partial charge in [0.1, 0.15) is 5.75 Å². The summed E-state index contributed by atoms with van der Waals surface area (Å²) in [4.78, 5) is -0.492. The van der Waals surface area contributed by atoms with Crippen LogP contribution < -0.4 is 14.6 Å². The molecule has 0 heterocycles. The summed E-state index contributed by atoms with van der Waals surface area (Å²) in [5, 5.41) is 5.02. The summed E-state index contributed by atoms with van der Waals surface area (Å²) in [7, 11) is -7.98. The third-order valence-electron chi connectivity index (χ3n) is 2.88. The van der Waals surface area contributed by atoms with Crippen LogP contribution in [0.1, 0.15) is 6.92 Å². The number of benzene rings is 2. The third-order valence-corrected chi connectivity index (χ3v) is 5.15. The van der Waals surface area contributed by atoms with Gasteiger partial charge >= 0.3 is 0 Å². The fraction of sp³-hybridized carbons (Fsp3) is 0.143. The summed E-state index contributed by atoms with van der Waals surface area (Å²) >= 11 is 0. The van der Waals surface area contributed by atoms with E-state index in [0.717, 1.165) is 6.07 Å². The molecule has 0 saturated carbocycles. The molecule has 2 rings (SSSR count). The highest BCUT2D eigenvalue weighted by molar-refractivity contribution is 7.93. The van der Waals surface area contributed by atoms with Gasteiger partial charge in [-0.3, -0.25) is 4.72 Å². The van der Waals surface area contributed by atoms with Gasteiger partial charge in [0.25, 0.3) is 10.0 Å². The lowest BCUT2D eigenvalue weighted by molar-refractivity contribution is 0.342. The molecule has 0 radical (unpaired) electrons. The average molecular weight is 356 g/mol. The largest absolute Gasteiger partial charge is 0.492 e. The second-order valence-corrected chi connectivity index (χ2v) is 7.80. The number of para-hydroxylation sites is 2. The molecule has 0 atom stereocenters. The van der Waals surface area contributed by atoms with E-state index in [0.29, 0.717) is 12.4 Å². The van der Waals surface area contributed by atoms with Crippen LogP contribution in [0.2, 0.25) is 0 Å². The average Bonchev–Trinajstić information content (AvgIpc) is 2.48. The van der Waals surface area contributed by atoms with Gasteiger partial charge in [-0.15, -0.1) is 0 Å². The van der Waals surface area contributed by atoms with E-state index < -0.39 is 20.0 Å². The number of hydrogen-bond donors (Lipinski definition) is 2. The summed E-state index contributed by atoms with van der Waals surface area (Å²) in [6.07, 6.45) is 0. The summed E-state index contributed by atoms with van der Waals surface area (Å²) in [6.45, 7) is 2.15. The minimum atomic E-state index is -3.99. The van der Waals surface area contributed by atoms with Crippen LogP contribution in [-0.2, 0) is 20.0 Å². The number of ether oxygens (including phenoxy) is 1. The number of nitrogens with one attached hydrogen (secondary N) is 1. The minimum absolute atomic E-state index is 0.213. The second-order valence-electron chi connectivity index (χ2n) is 4.55. The maximum atomic E-state index is 12.4. The number of sulfonamides is 2. The second kappa shape index (κ2) is 6.57. The van der Waals surface area contributed by atoms with E-state index >= 15 is 0 Å². The van der Waals surface area contributed by atoms with Gasteiger partial charge in [0.2, 0.25) is 10.0 Å². The molecule has 0 spiro atoms. The Kier molecular flexibility index (Phi) is 4.93. The van der Waals surface area contributed by atoms with Crippen molar-refractivity contribution in [2.45, 2.75) is 16.7 Å². The Balaban J connectivity index is 2.41. The normalized spacial score (nSPS) is 11.9. The maximum absolute atomic E-state index is 12.4. The summed E-state index contributed by atoms with van der Waals surface area (Å²) < 4.78 is 55.3. The topological polar surface area (TPSA) is 116 Å². The zero-order chi connectivity index (χ0) is 17.1. The molecule has 23 heavy (non-hydrogen) atoms. The molecule has 0 aliphatic rings. The Labute approximate surface area is 135 Å². The molecular weight excluding hydrogens is 340 g/mol. The number of nitrogens with two attached hydrogens (primary N) is 1. The number of rotatable bonds is 6. The minimum Gasteiger partial charge on any atom is -0.492 e. The molecule has 124 valence electrons. The number of hydrogen-bond acceptors (Lipinski definition) is 5. The van der Waals surface area contributed by atoms with Crippen molar-refractivity contribution in [1.29, 1.82) is 0 Å². The molecule has 9 heteroatoms. The quantitative estimate of drug-likeness (QED) is 0.814. The van der Waals surface area contributed by atoms with E-state index in [1.54, 1.807) is 31.2 Å². The van der Waals surface area contributed by atoms with Gasteiger partial charge in [-0.25, -0.2) is 22.0 Å². The lowest BCUT2D eigenvalue weighted by Gasteiger charge is -2.13. The fourth-order valence-electron chi connectivity index (χ4n) is 1.85. The highest BCUT2D eigenvalue weighted by Gasteiger charge is 2.19. The molecule has 2 aromatic rings. The van der Waals surface area contributed by atoms with Crippen molar-refractivity contribution in [3.63, 3.8) is 0 Å². The van der Waals surface area contributed by atoms with E-state index in [-0.39, 0.29) is 15.5 Å². The predicted molar refractivity (Wildman–Crippen MR) is 86.2 cm³/mol. The van der Waals surface area contributed by atoms with Gasteiger partial charge in [0.15, 0.2) is 0 Å². The van der Waals surface area contributed by atoms with Gasteiger partial charge < -0.3 is 4.74 Å². The first kappa shape index (κ1) is 17.3. The maximum Gasteiger partial charge on any atom is 0.262 e. The molecule has 0 saturated heterocycles. The molecule has 3 N–H and O–H groups in total. The smallest absolute Gasteiger partial charge is 0.262 e. The number of primary sulfonamides is 1. The molecule has 7 nitrogen and oxygen atoms in total. The molecule has 2 aromatic carbocycles. The fourth-order valence-corrected chi connectivity index (χ4v) is 3.60. The zero-order valence-corrected chi connectivity index (χ0v) is 13.9. The van der Waals surface area contributed by atoms with Crippen molar-refractivity contribution in [3.05, 3.63) is 48.5 Å². The zero-order valence-electron chi connectivity index (χ0n) is 12.3. The van der Waals surface area contributed by atoms with Crippen LogP contribution in [0.4, 0.5) is 5.69 Å². The van der Waals surface area contributed by atoms with Crippen molar-refractivity contribution in [2.75, 3.05) is 11.3 Å². The van der Waals surface area contributed by atoms with E-state index in [9.17, 15) is 16.8 Å². The Hall–Kier alpha value is -2.10.